The lowest BCUT2D eigenvalue weighted by Crippen LogP contribution is -2.55. The average Bonchev–Trinajstić information content (AvgIpc) is 3.20. The summed E-state index contributed by atoms with van der Waals surface area (Å²) >= 11 is 0. The molecule has 1 heterocycles. The summed E-state index contributed by atoms with van der Waals surface area (Å²) in [5.74, 6) is -4.70. The topological polar surface area (TPSA) is 127 Å². The molecule has 1 saturated carbocycles. The number of esters is 2. The van der Waals surface area contributed by atoms with Crippen LogP contribution in [0, 0.1) is 11.8 Å². The Morgan fingerprint density at radius 2 is 1.66 bits per heavy atom. The zero-order valence-electron chi connectivity index (χ0n) is 18.3. The third-order valence-corrected chi connectivity index (χ3v) is 5.62. The molecule has 0 spiro atoms. The molecule has 4 atom stereocenters. The highest BCUT2D eigenvalue weighted by Crippen LogP contribution is 2.48. The van der Waals surface area contributed by atoms with Gasteiger partial charge in [-0.05, 0) is 24.6 Å². The van der Waals surface area contributed by atoms with Gasteiger partial charge in [0, 0.05) is 26.6 Å². The van der Waals surface area contributed by atoms with Gasteiger partial charge in [-0.3, -0.25) is 14.4 Å². The molecule has 176 valence electrons. The summed E-state index contributed by atoms with van der Waals surface area (Å²) in [5.41, 5.74) is -1.30. The molecule has 0 amide bonds. The third kappa shape index (κ3) is 5.03. The van der Waals surface area contributed by atoms with Gasteiger partial charge in [0.25, 0.3) is 0 Å². The molecule has 0 unspecified atom stereocenters. The SMILES string of the molecule is COCCOC(=O)[C@@H]1C(=O)C[C@](C)(O)[C@@H](C(=O)OCCOC)[C@@H]1c1ccc2c(c1)OCO2. The summed E-state index contributed by atoms with van der Waals surface area (Å²) in [7, 11) is 2.92. The highest BCUT2D eigenvalue weighted by molar-refractivity contribution is 6.02. The van der Waals surface area contributed by atoms with Gasteiger partial charge in [-0.2, -0.15) is 0 Å². The molecule has 3 rings (SSSR count). The van der Waals surface area contributed by atoms with Gasteiger partial charge in [-0.25, -0.2) is 0 Å². The second-order valence-corrected chi connectivity index (χ2v) is 7.91. The number of rotatable bonds is 9. The van der Waals surface area contributed by atoms with E-state index in [0.29, 0.717) is 17.1 Å². The number of hydrogen-bond acceptors (Lipinski definition) is 10. The summed E-state index contributed by atoms with van der Waals surface area (Å²) in [4.78, 5) is 39.0. The Hall–Kier alpha value is -2.69. The highest BCUT2D eigenvalue weighted by Gasteiger charge is 2.57. The number of Topliss-reactive ketones (excluding diaryl/α,β-unsaturated/α-hetero) is 1. The lowest BCUT2D eigenvalue weighted by atomic mass is 9.61. The third-order valence-electron chi connectivity index (χ3n) is 5.62. The summed E-state index contributed by atoms with van der Waals surface area (Å²) in [6.45, 7) is 1.65. The van der Waals surface area contributed by atoms with Crippen LogP contribution in [-0.4, -0.2) is 75.9 Å². The van der Waals surface area contributed by atoms with E-state index in [1.165, 1.54) is 21.1 Å². The van der Waals surface area contributed by atoms with Crippen molar-refractivity contribution in [2.45, 2.75) is 24.9 Å². The maximum absolute atomic E-state index is 13.1. The Morgan fingerprint density at radius 1 is 1.03 bits per heavy atom. The van der Waals surface area contributed by atoms with Crippen LogP contribution >= 0.6 is 0 Å². The molecule has 1 aliphatic carbocycles. The van der Waals surface area contributed by atoms with Crippen molar-refractivity contribution in [3.8, 4) is 11.5 Å². The van der Waals surface area contributed by atoms with Crippen molar-refractivity contribution in [1.82, 2.24) is 0 Å². The molecule has 1 aromatic rings. The van der Waals surface area contributed by atoms with Gasteiger partial charge in [0.15, 0.2) is 17.3 Å². The van der Waals surface area contributed by atoms with Crippen molar-refractivity contribution in [2.24, 2.45) is 11.8 Å². The van der Waals surface area contributed by atoms with Crippen molar-refractivity contribution in [1.29, 1.82) is 0 Å². The van der Waals surface area contributed by atoms with Crippen LogP contribution in [0.4, 0.5) is 0 Å². The molecule has 32 heavy (non-hydrogen) atoms. The zero-order chi connectivity index (χ0) is 23.3. The fourth-order valence-electron chi connectivity index (χ4n) is 4.17. The molecule has 1 aromatic carbocycles. The first-order valence-electron chi connectivity index (χ1n) is 10.3. The normalized spacial score (nSPS) is 26.6. The Kier molecular flexibility index (Phi) is 7.70. The smallest absolute Gasteiger partial charge is 0.317 e. The van der Waals surface area contributed by atoms with Gasteiger partial charge in [-0.1, -0.05) is 6.07 Å². The van der Waals surface area contributed by atoms with Crippen LogP contribution in [0.3, 0.4) is 0 Å². The van der Waals surface area contributed by atoms with Gasteiger partial charge in [0.2, 0.25) is 6.79 Å². The van der Waals surface area contributed by atoms with E-state index in [9.17, 15) is 19.5 Å². The number of methoxy groups -OCH3 is 2. The minimum atomic E-state index is -1.74. The van der Waals surface area contributed by atoms with Gasteiger partial charge in [0.05, 0.1) is 24.7 Å². The summed E-state index contributed by atoms with van der Waals surface area (Å²) in [5, 5.41) is 11.1. The number of ketones is 1. The number of fused-ring (bicyclic) bond motifs is 1. The summed E-state index contributed by atoms with van der Waals surface area (Å²) in [6, 6.07) is 4.87. The molecule has 1 N–H and O–H groups in total. The van der Waals surface area contributed by atoms with Crippen molar-refractivity contribution in [3.63, 3.8) is 0 Å². The van der Waals surface area contributed by atoms with E-state index in [2.05, 4.69) is 0 Å². The molecule has 10 heteroatoms. The molecular weight excluding hydrogens is 424 g/mol. The van der Waals surface area contributed by atoms with E-state index in [-0.39, 0.29) is 33.2 Å². The predicted molar refractivity (Wildman–Crippen MR) is 108 cm³/mol. The van der Waals surface area contributed by atoms with Crippen LogP contribution in [0.5, 0.6) is 11.5 Å². The minimum Gasteiger partial charge on any atom is -0.463 e. The van der Waals surface area contributed by atoms with E-state index >= 15 is 0 Å². The Morgan fingerprint density at radius 3 is 2.31 bits per heavy atom. The molecule has 0 aromatic heterocycles. The van der Waals surface area contributed by atoms with E-state index in [0.717, 1.165) is 0 Å². The standard InChI is InChI=1S/C22H28O10/c1-22(26)11-14(23)18(20(24)29-8-6-27-2)17(19(22)21(25)30-9-7-28-3)13-4-5-15-16(10-13)32-12-31-15/h4-5,10,17-19,26H,6-9,11-12H2,1-3H3/t17-,18-,19-,22+/m1/s1. The largest absolute Gasteiger partial charge is 0.463 e. The van der Waals surface area contributed by atoms with Crippen molar-refractivity contribution in [3.05, 3.63) is 23.8 Å². The Balaban J connectivity index is 2.01. The van der Waals surface area contributed by atoms with E-state index < -0.39 is 47.5 Å². The second kappa shape index (κ2) is 10.3. The fourth-order valence-corrected chi connectivity index (χ4v) is 4.17. The first kappa shape index (κ1) is 24.0. The Labute approximate surface area is 185 Å². The molecule has 1 aliphatic heterocycles. The maximum atomic E-state index is 13.1. The van der Waals surface area contributed by atoms with E-state index in [4.69, 9.17) is 28.4 Å². The fraction of sp³-hybridized carbons (Fsp3) is 0.591. The van der Waals surface area contributed by atoms with Crippen molar-refractivity contribution >= 4 is 17.7 Å². The van der Waals surface area contributed by atoms with Crippen molar-refractivity contribution < 1.29 is 47.9 Å². The molecule has 2 aliphatic rings. The summed E-state index contributed by atoms with van der Waals surface area (Å²) < 4.78 is 31.1. The quantitative estimate of drug-likeness (QED) is 0.327. The number of aliphatic hydroxyl groups is 1. The number of ether oxygens (including phenoxy) is 6. The molecule has 0 saturated heterocycles. The number of benzene rings is 1. The number of carbonyl (C=O) groups is 3. The van der Waals surface area contributed by atoms with Crippen LogP contribution in [0.2, 0.25) is 0 Å². The van der Waals surface area contributed by atoms with Crippen LogP contribution in [-0.2, 0) is 33.3 Å². The first-order valence-corrected chi connectivity index (χ1v) is 10.3. The Bertz CT molecular complexity index is 849. The monoisotopic (exact) mass is 452 g/mol. The molecule has 1 fully saturated rings. The zero-order valence-corrected chi connectivity index (χ0v) is 18.3. The summed E-state index contributed by atoms with van der Waals surface area (Å²) in [6.07, 6.45) is -0.401. The van der Waals surface area contributed by atoms with Crippen LogP contribution in [0.1, 0.15) is 24.8 Å². The van der Waals surface area contributed by atoms with Gasteiger partial charge in [0.1, 0.15) is 19.1 Å². The predicted octanol–water partition coefficient (Wildman–Crippen LogP) is 0.834. The van der Waals surface area contributed by atoms with Gasteiger partial charge in [-0.15, -0.1) is 0 Å². The number of carbonyl (C=O) groups excluding carboxylic acids is 3. The van der Waals surface area contributed by atoms with Crippen molar-refractivity contribution in [2.75, 3.05) is 47.4 Å². The molecule has 0 bridgehead atoms. The average molecular weight is 452 g/mol. The van der Waals surface area contributed by atoms with E-state index in [1.54, 1.807) is 18.2 Å². The maximum Gasteiger partial charge on any atom is 0.317 e. The lowest BCUT2D eigenvalue weighted by molar-refractivity contribution is -0.174. The molecular formula is C22H28O10. The molecule has 10 nitrogen and oxygen atoms in total. The lowest BCUT2D eigenvalue weighted by Gasteiger charge is -2.43. The second-order valence-electron chi connectivity index (χ2n) is 7.91. The van der Waals surface area contributed by atoms with Gasteiger partial charge >= 0.3 is 11.9 Å². The van der Waals surface area contributed by atoms with E-state index in [1.807, 2.05) is 0 Å². The van der Waals surface area contributed by atoms with Crippen LogP contribution < -0.4 is 9.47 Å². The molecule has 0 radical (unpaired) electrons. The number of hydrogen-bond donors (Lipinski definition) is 1. The van der Waals surface area contributed by atoms with Crippen LogP contribution in [0.15, 0.2) is 18.2 Å². The van der Waals surface area contributed by atoms with Gasteiger partial charge < -0.3 is 33.5 Å². The minimum absolute atomic E-state index is 0.0328. The first-order chi connectivity index (χ1) is 15.3. The highest BCUT2D eigenvalue weighted by atomic mass is 16.7. The van der Waals surface area contributed by atoms with Crippen LogP contribution in [0.25, 0.3) is 0 Å².